The highest BCUT2D eigenvalue weighted by Gasteiger charge is 2.35. The minimum Gasteiger partial charge on any atom is -0.491 e. The van der Waals surface area contributed by atoms with Gasteiger partial charge in [-0.15, -0.1) is 0 Å². The molecule has 1 aromatic carbocycles. The SMILES string of the molecule is CC[C@@H]1COC(=O)N1c1cn2c(n1)-c1ccc(Br)cc1OCC2. The molecule has 2 aromatic rings. The molecule has 0 bridgehead atoms. The van der Waals surface area contributed by atoms with Crippen LogP contribution in [0.15, 0.2) is 28.9 Å². The average molecular weight is 378 g/mol. The molecule has 4 rings (SSSR count). The highest BCUT2D eigenvalue weighted by Crippen LogP contribution is 2.36. The Morgan fingerprint density at radius 2 is 2.26 bits per heavy atom. The van der Waals surface area contributed by atoms with Gasteiger partial charge in [-0.1, -0.05) is 22.9 Å². The van der Waals surface area contributed by atoms with E-state index in [-0.39, 0.29) is 12.1 Å². The number of cyclic esters (lactones) is 1. The minimum atomic E-state index is -0.322. The number of nitrogens with zero attached hydrogens (tertiary/aromatic N) is 3. The largest absolute Gasteiger partial charge is 0.491 e. The van der Waals surface area contributed by atoms with E-state index in [0.717, 1.165) is 28.0 Å². The predicted molar refractivity (Wildman–Crippen MR) is 88.8 cm³/mol. The Balaban J connectivity index is 1.80. The summed E-state index contributed by atoms with van der Waals surface area (Å²) >= 11 is 3.46. The first-order valence-electron chi connectivity index (χ1n) is 7.63. The number of hydrogen-bond donors (Lipinski definition) is 0. The van der Waals surface area contributed by atoms with E-state index < -0.39 is 0 Å². The number of halogens is 1. The molecule has 2 aliphatic heterocycles. The zero-order valence-corrected chi connectivity index (χ0v) is 14.2. The van der Waals surface area contributed by atoms with Crippen LogP contribution in [0.3, 0.4) is 0 Å². The summed E-state index contributed by atoms with van der Waals surface area (Å²) in [6.45, 7) is 3.72. The zero-order chi connectivity index (χ0) is 16.0. The van der Waals surface area contributed by atoms with E-state index in [1.807, 2.05) is 35.9 Å². The van der Waals surface area contributed by atoms with Gasteiger partial charge in [-0.25, -0.2) is 9.78 Å². The lowest BCUT2D eigenvalue weighted by Gasteiger charge is -2.17. The van der Waals surface area contributed by atoms with Crippen molar-refractivity contribution in [3.05, 3.63) is 28.9 Å². The first kappa shape index (κ1) is 14.6. The molecule has 1 fully saturated rings. The average Bonchev–Trinajstić information content (AvgIpc) is 3.06. The van der Waals surface area contributed by atoms with Gasteiger partial charge in [-0.05, 0) is 24.6 Å². The van der Waals surface area contributed by atoms with Gasteiger partial charge < -0.3 is 14.0 Å². The molecule has 0 spiro atoms. The molecule has 3 heterocycles. The summed E-state index contributed by atoms with van der Waals surface area (Å²) in [7, 11) is 0. The van der Waals surface area contributed by atoms with Gasteiger partial charge in [0.15, 0.2) is 5.82 Å². The van der Waals surface area contributed by atoms with Crippen molar-refractivity contribution in [2.75, 3.05) is 18.1 Å². The number of hydrogen-bond acceptors (Lipinski definition) is 4. The summed E-state index contributed by atoms with van der Waals surface area (Å²) in [6, 6.07) is 5.93. The number of imidazole rings is 1. The van der Waals surface area contributed by atoms with E-state index in [1.54, 1.807) is 4.90 Å². The van der Waals surface area contributed by atoms with E-state index in [0.29, 0.717) is 25.6 Å². The fourth-order valence-corrected chi connectivity index (χ4v) is 3.34. The molecule has 1 aromatic heterocycles. The number of amides is 1. The number of benzene rings is 1. The lowest BCUT2D eigenvalue weighted by Crippen LogP contribution is -2.33. The van der Waals surface area contributed by atoms with Gasteiger partial charge >= 0.3 is 6.09 Å². The highest BCUT2D eigenvalue weighted by atomic mass is 79.9. The van der Waals surface area contributed by atoms with Crippen molar-refractivity contribution in [3.8, 4) is 17.1 Å². The first-order valence-corrected chi connectivity index (χ1v) is 8.42. The van der Waals surface area contributed by atoms with Crippen LogP contribution < -0.4 is 9.64 Å². The Hall–Kier alpha value is -2.02. The van der Waals surface area contributed by atoms with Gasteiger partial charge in [0.2, 0.25) is 0 Å². The number of carbonyl (C=O) groups excluding carboxylic acids is 1. The van der Waals surface area contributed by atoms with Gasteiger partial charge in [0.05, 0.1) is 18.2 Å². The Kier molecular flexibility index (Phi) is 3.52. The van der Waals surface area contributed by atoms with Crippen LogP contribution in [0.4, 0.5) is 10.6 Å². The van der Waals surface area contributed by atoms with E-state index in [2.05, 4.69) is 15.9 Å². The van der Waals surface area contributed by atoms with Crippen LogP contribution >= 0.6 is 15.9 Å². The van der Waals surface area contributed by atoms with E-state index >= 15 is 0 Å². The van der Waals surface area contributed by atoms with Crippen molar-refractivity contribution < 1.29 is 14.3 Å². The molecule has 6 nitrogen and oxygen atoms in total. The second kappa shape index (κ2) is 5.56. The second-order valence-electron chi connectivity index (χ2n) is 5.61. The van der Waals surface area contributed by atoms with Crippen molar-refractivity contribution >= 4 is 27.8 Å². The van der Waals surface area contributed by atoms with Gasteiger partial charge in [-0.2, -0.15) is 0 Å². The van der Waals surface area contributed by atoms with Crippen LogP contribution in [-0.4, -0.2) is 34.9 Å². The maximum atomic E-state index is 12.0. The Bertz CT molecular complexity index is 774. The smallest absolute Gasteiger partial charge is 0.415 e. The zero-order valence-electron chi connectivity index (χ0n) is 12.7. The van der Waals surface area contributed by atoms with E-state index in [4.69, 9.17) is 14.5 Å². The number of ether oxygens (including phenoxy) is 2. The van der Waals surface area contributed by atoms with Crippen molar-refractivity contribution in [2.45, 2.75) is 25.9 Å². The van der Waals surface area contributed by atoms with Gasteiger partial charge in [0.25, 0.3) is 0 Å². The Labute approximate surface area is 142 Å². The molecule has 1 saturated heterocycles. The lowest BCUT2D eigenvalue weighted by atomic mass is 10.2. The molecule has 0 saturated carbocycles. The molecule has 0 aliphatic carbocycles. The van der Waals surface area contributed by atoms with Crippen molar-refractivity contribution in [2.24, 2.45) is 0 Å². The molecule has 7 heteroatoms. The van der Waals surface area contributed by atoms with Crippen molar-refractivity contribution in [1.29, 1.82) is 0 Å². The fourth-order valence-electron chi connectivity index (χ4n) is 3.00. The normalized spacial score (nSPS) is 19.7. The third kappa shape index (κ3) is 2.39. The molecule has 23 heavy (non-hydrogen) atoms. The number of fused-ring (bicyclic) bond motifs is 3. The molecular weight excluding hydrogens is 362 g/mol. The van der Waals surface area contributed by atoms with Crippen LogP contribution in [0.2, 0.25) is 0 Å². The summed E-state index contributed by atoms with van der Waals surface area (Å²) in [5, 5.41) is 0. The molecular formula is C16H16BrN3O3. The summed E-state index contributed by atoms with van der Waals surface area (Å²) < 4.78 is 14.0. The van der Waals surface area contributed by atoms with Gasteiger partial charge in [0.1, 0.15) is 24.8 Å². The van der Waals surface area contributed by atoms with Gasteiger partial charge in [-0.3, -0.25) is 4.90 Å². The van der Waals surface area contributed by atoms with Crippen LogP contribution in [0.1, 0.15) is 13.3 Å². The molecule has 0 N–H and O–H groups in total. The summed E-state index contributed by atoms with van der Waals surface area (Å²) in [4.78, 5) is 18.4. The number of anilines is 1. The highest BCUT2D eigenvalue weighted by molar-refractivity contribution is 9.10. The summed E-state index contributed by atoms with van der Waals surface area (Å²) in [5.41, 5.74) is 0.928. The molecule has 1 atom stereocenters. The maximum Gasteiger partial charge on any atom is 0.415 e. The monoisotopic (exact) mass is 377 g/mol. The van der Waals surface area contributed by atoms with Crippen LogP contribution in [-0.2, 0) is 11.3 Å². The topological polar surface area (TPSA) is 56.6 Å². The second-order valence-corrected chi connectivity index (χ2v) is 6.53. The standard InChI is InChI=1S/C16H16BrN3O3/c1-2-11-9-23-16(21)20(11)14-8-19-5-6-22-13-7-10(17)3-4-12(13)15(19)18-14/h3-4,7-8,11H,2,5-6,9H2,1H3/t11-/m1/s1. The molecule has 2 aliphatic rings. The van der Waals surface area contributed by atoms with E-state index in [1.165, 1.54) is 0 Å². The number of carbonyl (C=O) groups is 1. The lowest BCUT2D eigenvalue weighted by molar-refractivity contribution is 0.178. The third-order valence-corrected chi connectivity index (χ3v) is 4.71. The molecule has 120 valence electrons. The Morgan fingerprint density at radius 3 is 3.09 bits per heavy atom. The molecule has 0 radical (unpaired) electrons. The summed E-state index contributed by atoms with van der Waals surface area (Å²) in [5.74, 6) is 2.26. The van der Waals surface area contributed by atoms with E-state index in [9.17, 15) is 4.79 Å². The fraction of sp³-hybridized carbons (Fsp3) is 0.375. The predicted octanol–water partition coefficient (Wildman–Crippen LogP) is 3.44. The van der Waals surface area contributed by atoms with Crippen LogP contribution in [0, 0.1) is 0 Å². The minimum absolute atomic E-state index is 0.0438. The quantitative estimate of drug-likeness (QED) is 0.804. The number of rotatable bonds is 2. The maximum absolute atomic E-state index is 12.0. The third-order valence-electron chi connectivity index (χ3n) is 4.22. The number of aromatic nitrogens is 2. The van der Waals surface area contributed by atoms with Crippen molar-refractivity contribution in [3.63, 3.8) is 0 Å². The summed E-state index contributed by atoms with van der Waals surface area (Å²) in [6.07, 6.45) is 2.42. The van der Waals surface area contributed by atoms with Crippen LogP contribution in [0.5, 0.6) is 5.75 Å². The first-order chi connectivity index (χ1) is 11.2. The Morgan fingerprint density at radius 1 is 1.39 bits per heavy atom. The molecule has 1 amide bonds. The van der Waals surface area contributed by atoms with Crippen LogP contribution in [0.25, 0.3) is 11.4 Å². The van der Waals surface area contributed by atoms with Gasteiger partial charge in [0, 0.05) is 10.7 Å². The molecule has 0 unspecified atom stereocenters. The van der Waals surface area contributed by atoms with Crippen molar-refractivity contribution in [1.82, 2.24) is 9.55 Å².